The van der Waals surface area contributed by atoms with Crippen LogP contribution in [0.4, 0.5) is 10.1 Å². The number of carbonyl (C=O) groups is 2. The molecule has 0 spiro atoms. The van der Waals surface area contributed by atoms with Gasteiger partial charge in [-0.1, -0.05) is 24.3 Å². The number of rotatable bonds is 6. The number of fused-ring (bicyclic) bond motifs is 1. The number of aliphatic carboxylic acids is 1. The highest BCUT2D eigenvalue weighted by molar-refractivity contribution is 5.92. The maximum absolute atomic E-state index is 13.3. The van der Waals surface area contributed by atoms with E-state index < -0.39 is 17.8 Å². The van der Waals surface area contributed by atoms with E-state index in [-0.39, 0.29) is 12.5 Å². The molecule has 7 nitrogen and oxygen atoms in total. The van der Waals surface area contributed by atoms with Gasteiger partial charge in [0.25, 0.3) is 0 Å². The summed E-state index contributed by atoms with van der Waals surface area (Å²) in [4.78, 5) is 31.7. The zero-order valence-corrected chi connectivity index (χ0v) is 17.3. The molecule has 2 heterocycles. The number of carbonyl (C=O) groups excluding carboxylic acids is 1. The summed E-state index contributed by atoms with van der Waals surface area (Å²) in [6, 6.07) is 12.7. The molecule has 1 aliphatic heterocycles. The van der Waals surface area contributed by atoms with Gasteiger partial charge < -0.3 is 15.4 Å². The van der Waals surface area contributed by atoms with E-state index in [1.165, 1.54) is 12.1 Å². The van der Waals surface area contributed by atoms with E-state index in [4.69, 9.17) is 0 Å². The average molecular weight is 424 g/mol. The van der Waals surface area contributed by atoms with Gasteiger partial charge in [-0.25, -0.2) is 4.39 Å². The number of nitrogens with one attached hydrogen (secondary N) is 2. The first-order valence-electron chi connectivity index (χ1n) is 10.2. The summed E-state index contributed by atoms with van der Waals surface area (Å²) in [6.07, 6.45) is 0. The van der Waals surface area contributed by atoms with Crippen molar-refractivity contribution < 1.29 is 19.1 Å². The van der Waals surface area contributed by atoms with Crippen molar-refractivity contribution in [2.24, 2.45) is 0 Å². The lowest BCUT2D eigenvalue weighted by Gasteiger charge is -2.37. The Morgan fingerprint density at radius 2 is 1.87 bits per heavy atom. The van der Waals surface area contributed by atoms with Crippen molar-refractivity contribution in [3.05, 3.63) is 65.6 Å². The van der Waals surface area contributed by atoms with Crippen LogP contribution in [0.2, 0.25) is 0 Å². The number of aromatic amines is 1. The normalized spacial score (nSPS) is 16.3. The van der Waals surface area contributed by atoms with Gasteiger partial charge >= 0.3 is 5.97 Å². The predicted molar refractivity (Wildman–Crippen MR) is 116 cm³/mol. The van der Waals surface area contributed by atoms with Crippen LogP contribution in [0.25, 0.3) is 10.9 Å². The summed E-state index contributed by atoms with van der Waals surface area (Å²) in [7, 11) is 0. The highest BCUT2D eigenvalue weighted by Crippen LogP contribution is 2.32. The van der Waals surface area contributed by atoms with Gasteiger partial charge in [-0.15, -0.1) is 0 Å². The first kappa shape index (κ1) is 21.0. The van der Waals surface area contributed by atoms with Crippen LogP contribution >= 0.6 is 0 Å². The molecule has 3 aromatic rings. The van der Waals surface area contributed by atoms with E-state index in [1.807, 2.05) is 41.0 Å². The summed E-state index contributed by atoms with van der Waals surface area (Å²) in [5.41, 5.74) is 2.99. The Balaban J connectivity index is 1.41. The summed E-state index contributed by atoms with van der Waals surface area (Å²) >= 11 is 0. The number of hydrogen-bond donors (Lipinski definition) is 3. The van der Waals surface area contributed by atoms with E-state index in [2.05, 4.69) is 10.3 Å². The highest BCUT2D eigenvalue weighted by Gasteiger charge is 2.33. The second kappa shape index (κ2) is 8.87. The third-order valence-electron chi connectivity index (χ3n) is 5.70. The number of carboxylic acid groups (broad SMARTS) is 1. The number of nitrogens with zero attached hydrogens (tertiary/aromatic N) is 2. The van der Waals surface area contributed by atoms with Gasteiger partial charge in [-0.3, -0.25) is 19.4 Å². The Bertz CT molecular complexity index is 1110. The van der Waals surface area contributed by atoms with Crippen molar-refractivity contribution >= 4 is 28.5 Å². The third kappa shape index (κ3) is 4.60. The molecule has 1 unspecified atom stereocenters. The molecule has 162 valence electrons. The fraction of sp³-hybridized carbons (Fsp3) is 0.304. The lowest BCUT2D eigenvalue weighted by atomic mass is 10.0. The molecule has 0 saturated carbocycles. The van der Waals surface area contributed by atoms with Crippen molar-refractivity contribution in [1.29, 1.82) is 0 Å². The highest BCUT2D eigenvalue weighted by atomic mass is 19.1. The van der Waals surface area contributed by atoms with E-state index in [9.17, 15) is 19.1 Å². The van der Waals surface area contributed by atoms with E-state index in [0.717, 1.165) is 22.2 Å². The van der Waals surface area contributed by atoms with Crippen LogP contribution in [0.1, 0.15) is 17.3 Å². The van der Waals surface area contributed by atoms with Crippen molar-refractivity contribution in [3.63, 3.8) is 0 Å². The Morgan fingerprint density at radius 3 is 2.58 bits per heavy atom. The SMILES string of the molecule is Cc1[nH]c2ccccc2c1C(C(=O)O)N1CCN(CC(=O)Nc2cccc(F)c2)CC1. The van der Waals surface area contributed by atoms with Gasteiger partial charge in [0.15, 0.2) is 0 Å². The molecule has 1 fully saturated rings. The number of aryl methyl sites for hydroxylation is 1. The van der Waals surface area contributed by atoms with Gasteiger partial charge in [0, 0.05) is 54.0 Å². The van der Waals surface area contributed by atoms with Gasteiger partial charge in [0.2, 0.25) is 5.91 Å². The van der Waals surface area contributed by atoms with E-state index in [0.29, 0.717) is 31.9 Å². The first-order valence-corrected chi connectivity index (χ1v) is 10.2. The number of hydrogen-bond acceptors (Lipinski definition) is 4. The smallest absolute Gasteiger partial charge is 0.325 e. The summed E-state index contributed by atoms with van der Waals surface area (Å²) in [6.45, 7) is 4.28. The molecule has 31 heavy (non-hydrogen) atoms. The zero-order valence-electron chi connectivity index (χ0n) is 17.3. The Hall–Kier alpha value is -3.23. The molecule has 0 radical (unpaired) electrons. The minimum atomic E-state index is -0.884. The molecule has 8 heteroatoms. The lowest BCUT2D eigenvalue weighted by molar-refractivity contribution is -0.144. The minimum absolute atomic E-state index is 0.175. The number of amides is 1. The molecular weight excluding hydrogens is 399 g/mol. The number of halogens is 1. The maximum Gasteiger partial charge on any atom is 0.325 e. The number of para-hydroxylation sites is 1. The molecule has 1 amide bonds. The van der Waals surface area contributed by atoms with Gasteiger partial charge in [-0.2, -0.15) is 0 Å². The van der Waals surface area contributed by atoms with E-state index in [1.54, 1.807) is 12.1 Å². The van der Waals surface area contributed by atoms with Crippen LogP contribution in [0, 0.1) is 12.7 Å². The van der Waals surface area contributed by atoms with Gasteiger partial charge in [0.05, 0.1) is 6.54 Å². The molecule has 2 aromatic carbocycles. The number of piperazine rings is 1. The standard InChI is InChI=1S/C23H25FN4O3/c1-15-21(18-7-2-3-8-19(18)25-15)22(23(30)31)28-11-9-27(10-12-28)14-20(29)26-17-6-4-5-16(24)13-17/h2-8,13,22,25H,9-12,14H2,1H3,(H,26,29)(H,30,31). The largest absolute Gasteiger partial charge is 0.480 e. The van der Waals surface area contributed by atoms with Crippen molar-refractivity contribution in [2.75, 3.05) is 38.0 Å². The molecular formula is C23H25FN4O3. The van der Waals surface area contributed by atoms with Crippen LogP contribution < -0.4 is 5.32 Å². The quantitative estimate of drug-likeness (QED) is 0.566. The molecule has 0 bridgehead atoms. The average Bonchev–Trinajstić information content (AvgIpc) is 3.05. The second-order valence-electron chi connectivity index (χ2n) is 7.82. The zero-order chi connectivity index (χ0) is 22.0. The molecule has 3 N–H and O–H groups in total. The number of anilines is 1. The van der Waals surface area contributed by atoms with Gasteiger partial charge in [-0.05, 0) is 31.2 Å². The molecule has 1 aromatic heterocycles. The van der Waals surface area contributed by atoms with Crippen LogP contribution in [0.15, 0.2) is 48.5 Å². The maximum atomic E-state index is 13.3. The van der Waals surface area contributed by atoms with E-state index >= 15 is 0 Å². The Labute approximate surface area is 179 Å². The van der Waals surface area contributed by atoms with Crippen LogP contribution in [0.5, 0.6) is 0 Å². The molecule has 1 saturated heterocycles. The summed E-state index contributed by atoms with van der Waals surface area (Å²) in [5, 5.41) is 13.6. The predicted octanol–water partition coefficient (Wildman–Crippen LogP) is 3.00. The third-order valence-corrected chi connectivity index (χ3v) is 5.70. The Morgan fingerprint density at radius 1 is 1.13 bits per heavy atom. The van der Waals surface area contributed by atoms with Gasteiger partial charge in [0.1, 0.15) is 11.9 Å². The van der Waals surface area contributed by atoms with Crippen LogP contribution in [-0.2, 0) is 9.59 Å². The first-order chi connectivity index (χ1) is 14.9. The monoisotopic (exact) mass is 424 g/mol. The second-order valence-corrected chi connectivity index (χ2v) is 7.82. The summed E-state index contributed by atoms with van der Waals surface area (Å²) < 4.78 is 13.3. The molecule has 1 aliphatic rings. The number of benzene rings is 2. The van der Waals surface area contributed by atoms with Crippen LogP contribution in [-0.4, -0.2) is 64.5 Å². The fourth-order valence-corrected chi connectivity index (χ4v) is 4.26. The molecule has 0 aliphatic carbocycles. The van der Waals surface area contributed by atoms with Crippen molar-refractivity contribution in [3.8, 4) is 0 Å². The number of aromatic nitrogens is 1. The number of H-pyrrole nitrogens is 1. The van der Waals surface area contributed by atoms with Crippen LogP contribution in [0.3, 0.4) is 0 Å². The van der Waals surface area contributed by atoms with Crippen molar-refractivity contribution in [2.45, 2.75) is 13.0 Å². The molecule has 4 rings (SSSR count). The number of carboxylic acids is 1. The Kier molecular flexibility index (Phi) is 6.01. The van der Waals surface area contributed by atoms with Crippen molar-refractivity contribution in [1.82, 2.24) is 14.8 Å². The topological polar surface area (TPSA) is 88.7 Å². The molecule has 1 atom stereocenters. The lowest BCUT2D eigenvalue weighted by Crippen LogP contribution is -2.50. The fourth-order valence-electron chi connectivity index (χ4n) is 4.26. The minimum Gasteiger partial charge on any atom is -0.480 e. The summed E-state index contributed by atoms with van der Waals surface area (Å²) in [5.74, 6) is -1.51.